The lowest BCUT2D eigenvalue weighted by molar-refractivity contribution is -0.265. The fourth-order valence-corrected chi connectivity index (χ4v) is 5.27. The highest BCUT2D eigenvalue weighted by molar-refractivity contribution is 6.00. The zero-order chi connectivity index (χ0) is 36.6. The van der Waals surface area contributed by atoms with Crippen molar-refractivity contribution in [3.63, 3.8) is 0 Å². The van der Waals surface area contributed by atoms with Gasteiger partial charge < -0.3 is 36.1 Å². The maximum Gasteiger partial charge on any atom is 0.424 e. The molecule has 0 bridgehead atoms. The minimum atomic E-state index is -5.44. The molecule has 264 valence electrons. The predicted octanol–water partition coefficient (Wildman–Crippen LogP) is 3.02. The topological polar surface area (TPSA) is 186 Å². The quantitative estimate of drug-likeness (QED) is 0.147. The number of aliphatic hydroxyl groups is 2. The van der Waals surface area contributed by atoms with Crippen LogP contribution in [0.25, 0.3) is 22.2 Å². The molecule has 50 heavy (non-hydrogen) atoms. The van der Waals surface area contributed by atoms with Gasteiger partial charge in [0.25, 0.3) is 11.8 Å². The second-order valence-electron chi connectivity index (χ2n) is 12.7. The molecule has 3 heterocycles. The fourth-order valence-electron chi connectivity index (χ4n) is 5.27. The monoisotopic (exact) mass is 699 g/mol. The average molecular weight is 700 g/mol. The van der Waals surface area contributed by atoms with E-state index in [2.05, 4.69) is 20.6 Å². The van der Waals surface area contributed by atoms with Gasteiger partial charge in [-0.2, -0.15) is 13.2 Å². The third-order valence-corrected chi connectivity index (χ3v) is 8.07. The Morgan fingerprint density at radius 3 is 2.38 bits per heavy atom. The first-order valence-corrected chi connectivity index (χ1v) is 15.1. The molecular formula is C34H33F4N5O7. The fraction of sp³-hybridized carbons (Fsp3) is 0.324. The maximum absolute atomic E-state index is 14.9. The van der Waals surface area contributed by atoms with Crippen molar-refractivity contribution in [2.24, 2.45) is 5.73 Å². The normalized spacial score (nSPS) is 17.0. The number of carbonyl (C=O) groups is 3. The van der Waals surface area contributed by atoms with Gasteiger partial charge in [0, 0.05) is 34.8 Å². The molecule has 4 aromatic rings. The molecular weight excluding hydrogens is 666 g/mol. The van der Waals surface area contributed by atoms with Crippen molar-refractivity contribution >= 4 is 28.6 Å². The van der Waals surface area contributed by atoms with Gasteiger partial charge in [-0.1, -0.05) is 6.07 Å². The number of nitrogens with one attached hydrogen (secondary N) is 2. The molecule has 0 aliphatic carbocycles. The van der Waals surface area contributed by atoms with Gasteiger partial charge in [-0.25, -0.2) is 9.37 Å². The van der Waals surface area contributed by atoms with Gasteiger partial charge in [0.15, 0.2) is 6.61 Å². The number of primary amides is 1. The molecule has 0 saturated heterocycles. The van der Waals surface area contributed by atoms with Crippen LogP contribution in [0.15, 0.2) is 60.8 Å². The minimum absolute atomic E-state index is 0.0375. The number of alkyl halides is 3. The van der Waals surface area contributed by atoms with E-state index in [0.717, 1.165) is 24.3 Å². The minimum Gasteiger partial charge on any atom is -0.489 e. The van der Waals surface area contributed by atoms with Crippen LogP contribution in [-0.4, -0.2) is 76.0 Å². The van der Waals surface area contributed by atoms with E-state index >= 15 is 0 Å². The third-order valence-electron chi connectivity index (χ3n) is 8.07. The van der Waals surface area contributed by atoms with Gasteiger partial charge in [0.05, 0.1) is 17.8 Å². The van der Waals surface area contributed by atoms with Gasteiger partial charge in [-0.15, -0.1) is 0 Å². The predicted molar refractivity (Wildman–Crippen MR) is 171 cm³/mol. The maximum atomic E-state index is 14.9. The van der Waals surface area contributed by atoms with E-state index in [1.54, 1.807) is 12.1 Å². The average Bonchev–Trinajstić information content (AvgIpc) is 3.41. The van der Waals surface area contributed by atoms with E-state index in [0.29, 0.717) is 5.39 Å². The number of rotatable bonds is 11. The van der Waals surface area contributed by atoms with Crippen molar-refractivity contribution in [1.29, 1.82) is 0 Å². The van der Waals surface area contributed by atoms with E-state index in [9.17, 15) is 42.2 Å². The van der Waals surface area contributed by atoms with Crippen LogP contribution < -0.4 is 25.8 Å². The van der Waals surface area contributed by atoms with Crippen molar-refractivity contribution < 1.29 is 51.6 Å². The summed E-state index contributed by atoms with van der Waals surface area (Å²) in [4.78, 5) is 46.4. The lowest BCUT2D eigenvalue weighted by atomic mass is 9.81. The molecule has 1 aliphatic rings. The lowest BCUT2D eigenvalue weighted by Crippen LogP contribution is -2.52. The first kappa shape index (κ1) is 35.9. The Hall–Kier alpha value is -5.35. The van der Waals surface area contributed by atoms with Gasteiger partial charge >= 0.3 is 6.18 Å². The third kappa shape index (κ3) is 7.16. The zero-order valence-electron chi connectivity index (χ0n) is 27.0. The summed E-state index contributed by atoms with van der Waals surface area (Å²) in [5.74, 6) is -3.31. The zero-order valence-corrected chi connectivity index (χ0v) is 27.0. The molecule has 16 heteroatoms. The molecule has 0 unspecified atom stereocenters. The highest BCUT2D eigenvalue weighted by Gasteiger charge is 2.58. The summed E-state index contributed by atoms with van der Waals surface area (Å²) in [6.07, 6.45) is -4.01. The Balaban J connectivity index is 1.57. The molecule has 5 rings (SSSR count). The summed E-state index contributed by atoms with van der Waals surface area (Å²) in [5, 5.41) is 26.6. The standard InChI is InChI=1S/C34H33F4N5O7/c1-31(2,47)15-42-30(46)32(3)17-50-28-22(32)13-24(43-27(28)18-6-8-21(35)9-7-18)33(48,34(36,37)38)16-41-29(45)20-11-19-5-4-10-40-26(19)23(12-20)49-14-25(39)44/h4-13,47-48H,14-17H2,1-3H3,(H2,39,44)(H,41,45)(H,42,46)/t32-,33-/m0/s1. The summed E-state index contributed by atoms with van der Waals surface area (Å²) >= 11 is 0. The molecule has 2 atom stereocenters. The highest BCUT2D eigenvalue weighted by atomic mass is 19.4. The SMILES string of the molecule is CC(C)(O)CNC(=O)[C@@]1(C)COc2c1cc([C@@](O)(CNC(=O)c1cc(OCC(N)=O)c3ncccc3c1)C(F)(F)F)nc2-c1ccc(F)cc1. The van der Waals surface area contributed by atoms with Gasteiger partial charge in [-0.05, 0) is 69.3 Å². The summed E-state index contributed by atoms with van der Waals surface area (Å²) in [6, 6.07) is 11.1. The first-order valence-electron chi connectivity index (χ1n) is 15.1. The van der Waals surface area contributed by atoms with E-state index in [4.69, 9.17) is 15.2 Å². The van der Waals surface area contributed by atoms with Crippen molar-refractivity contribution in [2.75, 3.05) is 26.3 Å². The Kier molecular flexibility index (Phi) is 9.47. The Bertz CT molecular complexity index is 1970. The Morgan fingerprint density at radius 1 is 1.04 bits per heavy atom. The number of amides is 3. The molecule has 0 saturated carbocycles. The lowest BCUT2D eigenvalue weighted by Gasteiger charge is -2.32. The number of nitrogens with two attached hydrogens (primary N) is 1. The van der Waals surface area contributed by atoms with Crippen LogP contribution in [0.5, 0.6) is 11.5 Å². The molecule has 2 aromatic carbocycles. The van der Waals surface area contributed by atoms with Crippen molar-refractivity contribution in [2.45, 2.75) is 43.6 Å². The van der Waals surface area contributed by atoms with Crippen molar-refractivity contribution in [3.8, 4) is 22.8 Å². The first-order chi connectivity index (χ1) is 23.3. The molecule has 12 nitrogen and oxygen atoms in total. The van der Waals surface area contributed by atoms with Gasteiger partial charge in [-0.3, -0.25) is 19.4 Å². The number of hydrogen-bond donors (Lipinski definition) is 5. The molecule has 0 radical (unpaired) electrons. The molecule has 3 amide bonds. The second-order valence-corrected chi connectivity index (χ2v) is 12.7. The molecule has 0 fully saturated rings. The smallest absolute Gasteiger partial charge is 0.424 e. The molecule has 0 spiro atoms. The Morgan fingerprint density at radius 2 is 1.74 bits per heavy atom. The summed E-state index contributed by atoms with van der Waals surface area (Å²) in [7, 11) is 0. The van der Waals surface area contributed by atoms with E-state index in [-0.39, 0.29) is 52.6 Å². The molecule has 1 aliphatic heterocycles. The number of pyridine rings is 2. The van der Waals surface area contributed by atoms with Gasteiger partial charge in [0.1, 0.15) is 40.5 Å². The van der Waals surface area contributed by atoms with Crippen LogP contribution in [0, 0.1) is 5.82 Å². The van der Waals surface area contributed by atoms with Crippen LogP contribution in [0.2, 0.25) is 0 Å². The summed E-state index contributed by atoms with van der Waals surface area (Å²) < 4.78 is 69.8. The van der Waals surface area contributed by atoms with Crippen molar-refractivity contribution in [3.05, 3.63) is 83.4 Å². The number of nitrogens with zero attached hydrogens (tertiary/aromatic N) is 2. The number of halogens is 4. The number of hydrogen-bond acceptors (Lipinski definition) is 9. The highest BCUT2D eigenvalue weighted by Crippen LogP contribution is 2.48. The van der Waals surface area contributed by atoms with Crippen LogP contribution in [-0.2, 0) is 20.6 Å². The molecule has 2 aromatic heterocycles. The van der Waals surface area contributed by atoms with Gasteiger partial charge in [0.2, 0.25) is 11.5 Å². The van der Waals surface area contributed by atoms with E-state index in [1.165, 1.54) is 45.2 Å². The van der Waals surface area contributed by atoms with Crippen LogP contribution in [0.3, 0.4) is 0 Å². The largest absolute Gasteiger partial charge is 0.489 e. The Labute approximate surface area is 282 Å². The van der Waals surface area contributed by atoms with Crippen LogP contribution >= 0.6 is 0 Å². The summed E-state index contributed by atoms with van der Waals surface area (Å²) in [5.41, 5.74) is -2.69. The number of ether oxygens (including phenoxy) is 2. The number of carbonyl (C=O) groups excluding carboxylic acids is 3. The second kappa shape index (κ2) is 13.2. The number of benzene rings is 2. The number of aromatic nitrogens is 2. The van der Waals surface area contributed by atoms with Crippen LogP contribution in [0.4, 0.5) is 17.6 Å². The number of fused-ring (bicyclic) bond motifs is 2. The van der Waals surface area contributed by atoms with Crippen molar-refractivity contribution in [1.82, 2.24) is 20.6 Å². The van der Waals surface area contributed by atoms with E-state index in [1.807, 2.05) is 0 Å². The van der Waals surface area contributed by atoms with E-state index < -0.39 is 65.2 Å². The molecule has 6 N–H and O–H groups in total. The summed E-state index contributed by atoms with van der Waals surface area (Å²) in [6.45, 7) is 1.78. The van der Waals surface area contributed by atoms with Crippen LogP contribution in [0.1, 0.15) is 42.4 Å².